The molecule has 0 saturated carbocycles. The first-order chi connectivity index (χ1) is 9.91. The van der Waals surface area contributed by atoms with Crippen molar-refractivity contribution >= 4 is 27.1 Å². The Morgan fingerprint density at radius 1 is 1.38 bits per heavy atom. The highest BCUT2D eigenvalue weighted by atomic mass is 32.2. The van der Waals surface area contributed by atoms with Gasteiger partial charge in [-0.3, -0.25) is 4.79 Å². The van der Waals surface area contributed by atoms with Crippen molar-refractivity contribution in [1.82, 2.24) is 0 Å². The van der Waals surface area contributed by atoms with Crippen LogP contribution >= 0.6 is 0 Å². The fourth-order valence-electron chi connectivity index (χ4n) is 2.12. The monoisotopic (exact) mass is 311 g/mol. The minimum atomic E-state index is -2.89. The Morgan fingerprint density at radius 3 is 2.67 bits per heavy atom. The van der Waals surface area contributed by atoms with E-state index in [1.54, 1.807) is 6.92 Å². The number of nitrogens with two attached hydrogens (primary N) is 1. The number of nitrogens with one attached hydrogen (secondary N) is 1. The van der Waals surface area contributed by atoms with Crippen LogP contribution in [0.4, 0.5) is 11.4 Å². The minimum Gasteiger partial charge on any atom is -0.369 e. The van der Waals surface area contributed by atoms with Crippen molar-refractivity contribution in [3.05, 3.63) is 24.3 Å². The van der Waals surface area contributed by atoms with Crippen molar-refractivity contribution in [3.63, 3.8) is 0 Å². The second kappa shape index (κ2) is 6.44. The van der Waals surface area contributed by atoms with Gasteiger partial charge < -0.3 is 16.0 Å². The Bertz CT molecular complexity index is 602. The van der Waals surface area contributed by atoms with E-state index in [1.807, 2.05) is 29.2 Å². The van der Waals surface area contributed by atoms with E-state index in [0.29, 0.717) is 25.3 Å². The first-order valence-electron chi connectivity index (χ1n) is 6.97. The van der Waals surface area contributed by atoms with E-state index < -0.39 is 9.84 Å². The van der Waals surface area contributed by atoms with Gasteiger partial charge in [0.25, 0.3) is 0 Å². The lowest BCUT2D eigenvalue weighted by Gasteiger charge is -2.29. The molecule has 1 saturated heterocycles. The molecule has 1 amide bonds. The first kappa shape index (κ1) is 15.8. The third-order valence-corrected chi connectivity index (χ3v) is 5.23. The molecule has 7 heteroatoms. The summed E-state index contributed by atoms with van der Waals surface area (Å²) in [6, 6.07) is 7.44. The van der Waals surface area contributed by atoms with Crippen LogP contribution in [0.15, 0.2) is 24.3 Å². The first-order valence-corrected chi connectivity index (χ1v) is 8.80. The van der Waals surface area contributed by atoms with Crippen LogP contribution in [0.25, 0.3) is 0 Å². The molecule has 0 aliphatic carbocycles. The Hall–Kier alpha value is -1.60. The number of rotatable bonds is 4. The number of carbonyl (C=O) groups is 1. The summed E-state index contributed by atoms with van der Waals surface area (Å²) in [6.07, 6.45) is 0. The average molecular weight is 311 g/mol. The van der Waals surface area contributed by atoms with Gasteiger partial charge in [0, 0.05) is 36.9 Å². The average Bonchev–Trinajstić information content (AvgIpc) is 2.46. The van der Waals surface area contributed by atoms with Gasteiger partial charge in [-0.15, -0.1) is 0 Å². The van der Waals surface area contributed by atoms with Gasteiger partial charge in [-0.1, -0.05) is 13.0 Å². The number of benzene rings is 1. The molecule has 1 heterocycles. The SMILES string of the molecule is CC(CN)C(=O)Nc1cccc(N2CCS(=O)(=O)CC2)c1. The zero-order valence-corrected chi connectivity index (χ0v) is 12.9. The molecule has 1 aromatic rings. The normalized spacial score (nSPS) is 19.0. The molecule has 21 heavy (non-hydrogen) atoms. The molecule has 1 fully saturated rings. The van der Waals surface area contributed by atoms with Crippen LogP contribution in [0.5, 0.6) is 0 Å². The molecule has 1 aliphatic heterocycles. The molecular formula is C14H21N3O3S. The highest BCUT2D eigenvalue weighted by molar-refractivity contribution is 7.91. The van der Waals surface area contributed by atoms with E-state index >= 15 is 0 Å². The molecule has 1 aliphatic rings. The van der Waals surface area contributed by atoms with Gasteiger partial charge in [0.2, 0.25) is 5.91 Å². The fraction of sp³-hybridized carbons (Fsp3) is 0.500. The summed E-state index contributed by atoms with van der Waals surface area (Å²) in [6.45, 7) is 3.04. The second-order valence-corrected chi connectivity index (χ2v) is 7.62. The summed E-state index contributed by atoms with van der Waals surface area (Å²) in [4.78, 5) is 13.8. The van der Waals surface area contributed by atoms with Crippen molar-refractivity contribution in [2.24, 2.45) is 11.7 Å². The molecule has 1 unspecified atom stereocenters. The van der Waals surface area contributed by atoms with Crippen LogP contribution in [0.3, 0.4) is 0 Å². The van der Waals surface area contributed by atoms with Crippen LogP contribution < -0.4 is 16.0 Å². The molecular weight excluding hydrogens is 290 g/mol. The number of amides is 1. The third kappa shape index (κ3) is 4.18. The molecule has 6 nitrogen and oxygen atoms in total. The van der Waals surface area contributed by atoms with Crippen molar-refractivity contribution < 1.29 is 13.2 Å². The third-order valence-electron chi connectivity index (χ3n) is 3.62. The predicted octanol–water partition coefficient (Wildman–Crippen LogP) is 0.455. The summed E-state index contributed by atoms with van der Waals surface area (Å²) in [5, 5.41) is 2.82. The molecule has 116 valence electrons. The van der Waals surface area contributed by atoms with Gasteiger partial charge >= 0.3 is 0 Å². The molecule has 1 atom stereocenters. The fourth-order valence-corrected chi connectivity index (χ4v) is 3.32. The molecule has 0 radical (unpaired) electrons. The molecule has 0 bridgehead atoms. The molecule has 0 spiro atoms. The Kier molecular flexibility index (Phi) is 4.84. The molecule has 3 N–H and O–H groups in total. The number of sulfone groups is 1. The van der Waals surface area contributed by atoms with Crippen molar-refractivity contribution in [3.8, 4) is 0 Å². The maximum absolute atomic E-state index is 11.8. The maximum atomic E-state index is 11.8. The lowest BCUT2D eigenvalue weighted by atomic mass is 10.1. The number of nitrogens with zero attached hydrogens (tertiary/aromatic N) is 1. The second-order valence-electron chi connectivity index (χ2n) is 5.32. The minimum absolute atomic E-state index is 0.115. The van der Waals surface area contributed by atoms with Crippen molar-refractivity contribution in [2.45, 2.75) is 6.92 Å². The van der Waals surface area contributed by atoms with E-state index in [2.05, 4.69) is 5.32 Å². The Balaban J connectivity index is 2.06. The highest BCUT2D eigenvalue weighted by Crippen LogP contribution is 2.21. The van der Waals surface area contributed by atoms with E-state index in [4.69, 9.17) is 5.73 Å². The summed E-state index contributed by atoms with van der Waals surface area (Å²) in [5.41, 5.74) is 7.09. The van der Waals surface area contributed by atoms with Gasteiger partial charge in [-0.25, -0.2) is 8.42 Å². The summed E-state index contributed by atoms with van der Waals surface area (Å²) in [7, 11) is -2.89. The van der Waals surface area contributed by atoms with Gasteiger partial charge in [0.15, 0.2) is 9.84 Å². The quantitative estimate of drug-likeness (QED) is 0.842. The topological polar surface area (TPSA) is 92.5 Å². The van der Waals surface area contributed by atoms with Crippen LogP contribution in [0.2, 0.25) is 0 Å². The van der Waals surface area contributed by atoms with E-state index in [-0.39, 0.29) is 23.3 Å². The maximum Gasteiger partial charge on any atom is 0.228 e. The summed E-state index contributed by atoms with van der Waals surface area (Å²) >= 11 is 0. The standard InChI is InChI=1S/C14H21N3O3S/c1-11(10-15)14(18)16-12-3-2-4-13(9-12)17-5-7-21(19,20)8-6-17/h2-4,9,11H,5-8,10,15H2,1H3,(H,16,18). The lowest BCUT2D eigenvalue weighted by Crippen LogP contribution is -2.40. The predicted molar refractivity (Wildman–Crippen MR) is 84.2 cm³/mol. The highest BCUT2D eigenvalue weighted by Gasteiger charge is 2.22. The number of hydrogen-bond acceptors (Lipinski definition) is 5. The van der Waals surface area contributed by atoms with E-state index in [1.165, 1.54) is 0 Å². The van der Waals surface area contributed by atoms with Crippen molar-refractivity contribution in [2.75, 3.05) is 41.4 Å². The Morgan fingerprint density at radius 2 is 2.05 bits per heavy atom. The largest absolute Gasteiger partial charge is 0.369 e. The zero-order chi connectivity index (χ0) is 15.5. The summed E-state index contributed by atoms with van der Waals surface area (Å²) in [5.74, 6) is -0.00800. The molecule has 0 aromatic heterocycles. The smallest absolute Gasteiger partial charge is 0.228 e. The number of hydrogen-bond donors (Lipinski definition) is 2. The lowest BCUT2D eigenvalue weighted by molar-refractivity contribution is -0.119. The van der Waals surface area contributed by atoms with Gasteiger partial charge in [-0.05, 0) is 18.2 Å². The Labute approximate surface area is 125 Å². The van der Waals surface area contributed by atoms with E-state index in [9.17, 15) is 13.2 Å². The molecule has 1 aromatic carbocycles. The van der Waals surface area contributed by atoms with E-state index in [0.717, 1.165) is 5.69 Å². The number of anilines is 2. The van der Waals surface area contributed by atoms with Gasteiger partial charge in [0.1, 0.15) is 0 Å². The van der Waals surface area contributed by atoms with Gasteiger partial charge in [0.05, 0.1) is 11.5 Å². The van der Waals surface area contributed by atoms with Gasteiger partial charge in [-0.2, -0.15) is 0 Å². The molecule has 2 rings (SSSR count). The van der Waals surface area contributed by atoms with Crippen LogP contribution in [0, 0.1) is 5.92 Å². The zero-order valence-electron chi connectivity index (χ0n) is 12.1. The van der Waals surface area contributed by atoms with Crippen LogP contribution in [-0.4, -0.2) is 45.5 Å². The number of carbonyl (C=O) groups excluding carboxylic acids is 1. The summed E-state index contributed by atoms with van der Waals surface area (Å²) < 4.78 is 22.9. The van der Waals surface area contributed by atoms with Crippen LogP contribution in [0.1, 0.15) is 6.92 Å². The van der Waals surface area contributed by atoms with Crippen molar-refractivity contribution in [1.29, 1.82) is 0 Å². The van der Waals surface area contributed by atoms with Crippen LogP contribution in [-0.2, 0) is 14.6 Å².